The normalized spacial score (nSPS) is 14.9. The number of anilines is 3. The zero-order valence-corrected chi connectivity index (χ0v) is 21.0. The lowest BCUT2D eigenvalue weighted by molar-refractivity contribution is -0.137. The van der Waals surface area contributed by atoms with Gasteiger partial charge < -0.3 is 25.1 Å². The van der Waals surface area contributed by atoms with Gasteiger partial charge in [-0.25, -0.2) is 9.18 Å². The molecule has 1 aliphatic rings. The van der Waals surface area contributed by atoms with E-state index in [2.05, 4.69) is 5.32 Å². The fourth-order valence-corrected chi connectivity index (χ4v) is 4.47. The number of hydrogen-bond acceptors (Lipinski definition) is 5. The Labute approximate surface area is 226 Å². The van der Waals surface area contributed by atoms with Gasteiger partial charge in [-0.1, -0.05) is 24.3 Å². The molecule has 0 spiro atoms. The van der Waals surface area contributed by atoms with Crippen molar-refractivity contribution in [3.05, 3.63) is 107 Å². The van der Waals surface area contributed by atoms with Gasteiger partial charge in [-0.3, -0.25) is 10.3 Å². The first kappa shape index (κ1) is 26.6. The van der Waals surface area contributed by atoms with Gasteiger partial charge in [0.1, 0.15) is 23.6 Å². The minimum Gasteiger partial charge on any atom is -0.497 e. The van der Waals surface area contributed by atoms with Gasteiger partial charge in [-0.05, 0) is 59.7 Å². The first-order valence-electron chi connectivity index (χ1n) is 12.0. The molecule has 4 aromatic rings. The fraction of sp³-hybridized carbons (Fsp3) is 0.143. The van der Waals surface area contributed by atoms with Crippen LogP contribution in [0.3, 0.4) is 0 Å². The molecule has 1 atom stereocenters. The van der Waals surface area contributed by atoms with Crippen LogP contribution in [0.1, 0.15) is 28.4 Å². The highest BCUT2D eigenvalue weighted by molar-refractivity contribution is 6.13. The monoisotopic (exact) mass is 553 g/mol. The second-order valence-corrected chi connectivity index (χ2v) is 8.96. The van der Waals surface area contributed by atoms with Crippen LogP contribution in [0.25, 0.3) is 0 Å². The number of primary amides is 1. The minimum absolute atomic E-state index is 0.167. The molecule has 0 fully saturated rings. The number of alkyl halides is 3. The van der Waals surface area contributed by atoms with E-state index >= 15 is 0 Å². The first-order valence-corrected chi connectivity index (χ1v) is 12.0. The summed E-state index contributed by atoms with van der Waals surface area (Å²) in [5.74, 6) is 0.259. The van der Waals surface area contributed by atoms with Crippen molar-refractivity contribution in [2.75, 3.05) is 22.2 Å². The molecule has 3 aromatic carbocycles. The van der Waals surface area contributed by atoms with E-state index in [0.29, 0.717) is 46.6 Å². The average Bonchev–Trinajstić information content (AvgIpc) is 3.41. The molecule has 0 bridgehead atoms. The largest absolute Gasteiger partial charge is 0.497 e. The number of urea groups is 1. The topological polar surface area (TPSA) is 108 Å². The Morgan fingerprint density at radius 2 is 1.80 bits per heavy atom. The zero-order valence-electron chi connectivity index (χ0n) is 21.0. The maximum Gasteiger partial charge on any atom is 0.416 e. The summed E-state index contributed by atoms with van der Waals surface area (Å²) in [6.45, 7) is -0.280. The van der Waals surface area contributed by atoms with Crippen molar-refractivity contribution < 1.29 is 31.5 Å². The summed E-state index contributed by atoms with van der Waals surface area (Å²) in [6, 6.07) is 16.3. The van der Waals surface area contributed by atoms with Gasteiger partial charge in [0.05, 0.1) is 36.7 Å². The van der Waals surface area contributed by atoms with E-state index < -0.39 is 35.4 Å². The number of rotatable bonds is 6. The minimum atomic E-state index is -4.73. The van der Waals surface area contributed by atoms with Gasteiger partial charge in [0.25, 0.3) is 0 Å². The number of furan rings is 1. The number of nitrogens with two attached hydrogens (primary N) is 1. The SMILES string of the molecule is COc1ccc(C2Nc3occc3C(=N)N2c2ccc(CN(C(N)=O)c3cc(C(F)(F)F)ccc3F)cc2)cc1. The van der Waals surface area contributed by atoms with Gasteiger partial charge in [0.2, 0.25) is 5.88 Å². The second-order valence-electron chi connectivity index (χ2n) is 8.96. The Balaban J connectivity index is 1.46. The lowest BCUT2D eigenvalue weighted by atomic mass is 10.0. The quantitative estimate of drug-likeness (QED) is 0.237. The van der Waals surface area contributed by atoms with E-state index in [1.165, 1.54) is 6.26 Å². The number of fused-ring (bicyclic) bond motifs is 1. The molecule has 12 heteroatoms. The molecule has 0 radical (unpaired) electrons. The Hall–Kier alpha value is -5.00. The highest BCUT2D eigenvalue weighted by Crippen LogP contribution is 2.38. The molecule has 0 saturated heterocycles. The lowest BCUT2D eigenvalue weighted by Crippen LogP contribution is -2.42. The number of nitrogens with zero attached hydrogens (tertiary/aromatic N) is 2. The molecule has 1 unspecified atom stereocenters. The maximum atomic E-state index is 14.5. The predicted molar refractivity (Wildman–Crippen MR) is 141 cm³/mol. The number of amidine groups is 1. The number of carbonyl (C=O) groups excluding carboxylic acids is 1. The van der Waals surface area contributed by atoms with Gasteiger partial charge in [-0.15, -0.1) is 0 Å². The number of hydrogen-bond donors (Lipinski definition) is 3. The molecule has 40 heavy (non-hydrogen) atoms. The molecular weight excluding hydrogens is 530 g/mol. The van der Waals surface area contributed by atoms with Crippen LogP contribution >= 0.6 is 0 Å². The standard InChI is InChI=1S/C28H23F4N5O3/c1-39-20-9-4-17(5-10-20)25-35-26-21(12-13-40-26)24(33)37(25)19-7-2-16(3-8-19)15-36(27(34)38)23-14-18(28(30,31)32)6-11-22(23)29/h2-14,25,33,35H,15H2,1H3,(H2,34,38). The molecule has 0 saturated carbocycles. The van der Waals surface area contributed by atoms with Gasteiger partial charge >= 0.3 is 12.2 Å². The van der Waals surface area contributed by atoms with Crippen molar-refractivity contribution >= 4 is 29.1 Å². The summed E-state index contributed by atoms with van der Waals surface area (Å²) < 4.78 is 64.9. The smallest absolute Gasteiger partial charge is 0.416 e. The van der Waals surface area contributed by atoms with Crippen molar-refractivity contribution in [1.29, 1.82) is 5.41 Å². The van der Waals surface area contributed by atoms with Crippen LogP contribution in [0.5, 0.6) is 5.75 Å². The summed E-state index contributed by atoms with van der Waals surface area (Å²) in [7, 11) is 1.56. The van der Waals surface area contributed by atoms with E-state index in [-0.39, 0.29) is 12.4 Å². The number of carbonyl (C=O) groups is 1. The molecule has 1 aromatic heterocycles. The third-order valence-corrected chi connectivity index (χ3v) is 6.50. The highest BCUT2D eigenvalue weighted by atomic mass is 19.4. The summed E-state index contributed by atoms with van der Waals surface area (Å²) >= 11 is 0. The van der Waals surface area contributed by atoms with Crippen LogP contribution in [0.15, 0.2) is 83.5 Å². The molecule has 1 aliphatic heterocycles. The molecule has 5 rings (SSSR count). The van der Waals surface area contributed by atoms with Crippen LogP contribution < -0.4 is 25.6 Å². The number of halogens is 4. The van der Waals surface area contributed by atoms with Crippen LogP contribution in [0, 0.1) is 11.2 Å². The first-order chi connectivity index (χ1) is 19.1. The maximum absolute atomic E-state index is 14.5. The molecule has 2 heterocycles. The number of benzene rings is 3. The summed E-state index contributed by atoms with van der Waals surface area (Å²) in [4.78, 5) is 14.6. The zero-order chi connectivity index (χ0) is 28.6. The summed E-state index contributed by atoms with van der Waals surface area (Å²) in [5, 5.41) is 12.2. The molecular formula is C28H23F4N5O3. The van der Waals surface area contributed by atoms with E-state index in [1.807, 2.05) is 12.1 Å². The average molecular weight is 554 g/mol. The summed E-state index contributed by atoms with van der Waals surface area (Å²) in [5.41, 5.74) is 6.18. The van der Waals surface area contributed by atoms with Crippen molar-refractivity contribution in [3.8, 4) is 5.75 Å². The third kappa shape index (κ3) is 5.03. The Morgan fingerprint density at radius 1 is 1.10 bits per heavy atom. The molecule has 4 N–H and O–H groups in total. The van der Waals surface area contributed by atoms with Crippen LogP contribution in [0.2, 0.25) is 0 Å². The van der Waals surface area contributed by atoms with Crippen LogP contribution in [0.4, 0.5) is 39.6 Å². The van der Waals surface area contributed by atoms with E-state index in [1.54, 1.807) is 54.5 Å². The highest BCUT2D eigenvalue weighted by Gasteiger charge is 2.34. The predicted octanol–water partition coefficient (Wildman–Crippen LogP) is 6.49. The van der Waals surface area contributed by atoms with Gasteiger partial charge in [-0.2, -0.15) is 13.2 Å². The number of nitrogens with one attached hydrogen (secondary N) is 2. The summed E-state index contributed by atoms with van der Waals surface area (Å²) in [6.07, 6.45) is -3.77. The Bertz CT molecular complexity index is 1550. The van der Waals surface area contributed by atoms with Crippen LogP contribution in [-0.4, -0.2) is 19.0 Å². The molecule has 8 nitrogen and oxygen atoms in total. The van der Waals surface area contributed by atoms with Crippen LogP contribution in [-0.2, 0) is 12.7 Å². The third-order valence-electron chi connectivity index (χ3n) is 6.50. The molecule has 206 valence electrons. The van der Waals surface area contributed by atoms with Crippen molar-refractivity contribution in [2.24, 2.45) is 5.73 Å². The van der Waals surface area contributed by atoms with Crippen molar-refractivity contribution in [3.63, 3.8) is 0 Å². The Morgan fingerprint density at radius 3 is 2.42 bits per heavy atom. The van der Waals surface area contributed by atoms with Gasteiger partial charge in [0, 0.05) is 5.69 Å². The number of methoxy groups -OCH3 is 1. The van der Waals surface area contributed by atoms with E-state index in [0.717, 1.165) is 10.5 Å². The Kier molecular flexibility index (Phi) is 6.84. The van der Waals surface area contributed by atoms with Gasteiger partial charge in [0.15, 0.2) is 0 Å². The van der Waals surface area contributed by atoms with E-state index in [9.17, 15) is 22.4 Å². The van der Waals surface area contributed by atoms with Crippen molar-refractivity contribution in [2.45, 2.75) is 18.9 Å². The number of ether oxygens (including phenoxy) is 1. The molecule has 2 amide bonds. The van der Waals surface area contributed by atoms with E-state index in [4.69, 9.17) is 20.3 Å². The fourth-order valence-electron chi connectivity index (χ4n) is 4.47. The number of amides is 2. The van der Waals surface area contributed by atoms with Crippen molar-refractivity contribution in [1.82, 2.24) is 0 Å². The second kappa shape index (κ2) is 10.3. The lowest BCUT2D eigenvalue weighted by Gasteiger charge is -2.38. The molecule has 0 aliphatic carbocycles.